The number of rotatable bonds is 8. The van der Waals surface area contributed by atoms with E-state index in [1.165, 1.54) is 0 Å². The van der Waals surface area contributed by atoms with E-state index in [-0.39, 0.29) is 5.91 Å². The van der Waals surface area contributed by atoms with Gasteiger partial charge in [0.2, 0.25) is 5.91 Å². The van der Waals surface area contributed by atoms with Crippen molar-refractivity contribution in [2.24, 2.45) is 5.92 Å². The van der Waals surface area contributed by atoms with Gasteiger partial charge in [-0.15, -0.1) is 0 Å². The van der Waals surface area contributed by atoms with Gasteiger partial charge in [-0.3, -0.25) is 4.79 Å². The number of hydrogen-bond donors (Lipinski definition) is 2. The highest BCUT2D eigenvalue weighted by Crippen LogP contribution is 2.18. The summed E-state index contributed by atoms with van der Waals surface area (Å²) >= 11 is 0. The highest BCUT2D eigenvalue weighted by Gasteiger charge is 2.12. The molecule has 126 valence electrons. The molecule has 1 atom stereocenters. The Balaban J connectivity index is 2.00. The highest BCUT2D eigenvalue weighted by molar-refractivity contribution is 5.76. The van der Waals surface area contributed by atoms with Crippen molar-refractivity contribution in [3.05, 3.63) is 30.1 Å². The smallest absolute Gasteiger partial charge is 0.220 e. The minimum atomic E-state index is -0.434. The minimum Gasteiger partial charge on any atom is -0.393 e. The minimum absolute atomic E-state index is 0.0163. The van der Waals surface area contributed by atoms with Crippen molar-refractivity contribution in [2.45, 2.75) is 52.7 Å². The lowest BCUT2D eigenvalue weighted by Crippen LogP contribution is -2.27. The summed E-state index contributed by atoms with van der Waals surface area (Å²) in [4.78, 5) is 16.4. The van der Waals surface area contributed by atoms with Gasteiger partial charge in [-0.1, -0.05) is 26.0 Å². The SMILES string of the molecule is CC(C)Cn1c(CCNC(=O)CCC(C)O)nc2ccccc21. The van der Waals surface area contributed by atoms with Crippen LogP contribution in [0.1, 0.15) is 39.4 Å². The van der Waals surface area contributed by atoms with E-state index in [1.54, 1.807) is 6.92 Å². The topological polar surface area (TPSA) is 67.2 Å². The number of aliphatic hydroxyl groups is 1. The molecule has 0 saturated heterocycles. The van der Waals surface area contributed by atoms with Crippen LogP contribution in [0.4, 0.5) is 0 Å². The van der Waals surface area contributed by atoms with E-state index in [9.17, 15) is 9.90 Å². The molecule has 0 aliphatic rings. The van der Waals surface area contributed by atoms with Gasteiger partial charge in [-0.25, -0.2) is 4.98 Å². The second kappa shape index (κ2) is 8.11. The van der Waals surface area contributed by atoms with E-state index in [2.05, 4.69) is 29.8 Å². The standard InChI is InChI=1S/C18H27N3O2/c1-13(2)12-21-16-7-5-4-6-15(16)20-17(21)10-11-19-18(23)9-8-14(3)22/h4-7,13-14,22H,8-12H2,1-3H3,(H,19,23). The second-order valence-electron chi connectivity index (χ2n) is 6.51. The van der Waals surface area contributed by atoms with E-state index < -0.39 is 6.10 Å². The predicted octanol–water partition coefficient (Wildman–Crippen LogP) is 2.51. The lowest BCUT2D eigenvalue weighted by molar-refractivity contribution is -0.121. The molecule has 2 aromatic rings. The van der Waals surface area contributed by atoms with Crippen molar-refractivity contribution < 1.29 is 9.90 Å². The van der Waals surface area contributed by atoms with Crippen LogP contribution in [0.15, 0.2) is 24.3 Å². The molecule has 0 aliphatic carbocycles. The molecule has 0 spiro atoms. The van der Waals surface area contributed by atoms with Crippen molar-refractivity contribution in [3.63, 3.8) is 0 Å². The Hall–Kier alpha value is -1.88. The molecule has 0 radical (unpaired) electrons. The van der Waals surface area contributed by atoms with E-state index in [0.29, 0.717) is 31.7 Å². The zero-order valence-electron chi connectivity index (χ0n) is 14.2. The average molecular weight is 317 g/mol. The van der Waals surface area contributed by atoms with Gasteiger partial charge in [-0.2, -0.15) is 0 Å². The molecular weight excluding hydrogens is 290 g/mol. The third-order valence-electron chi connectivity index (χ3n) is 3.74. The third kappa shape index (κ3) is 5.06. The Kier molecular flexibility index (Phi) is 6.16. The van der Waals surface area contributed by atoms with Crippen LogP contribution in [0.3, 0.4) is 0 Å². The third-order valence-corrected chi connectivity index (χ3v) is 3.74. The van der Waals surface area contributed by atoms with Crippen molar-refractivity contribution in [3.8, 4) is 0 Å². The summed E-state index contributed by atoms with van der Waals surface area (Å²) in [5.74, 6) is 1.53. The van der Waals surface area contributed by atoms with Gasteiger partial charge >= 0.3 is 0 Å². The quantitative estimate of drug-likeness (QED) is 0.786. The van der Waals surface area contributed by atoms with Crippen LogP contribution in [0.25, 0.3) is 11.0 Å². The first kappa shape index (κ1) is 17.5. The fourth-order valence-corrected chi connectivity index (χ4v) is 2.63. The van der Waals surface area contributed by atoms with Crippen LogP contribution in [-0.2, 0) is 17.8 Å². The fourth-order valence-electron chi connectivity index (χ4n) is 2.63. The summed E-state index contributed by atoms with van der Waals surface area (Å²) < 4.78 is 2.25. The molecule has 1 amide bonds. The van der Waals surface area contributed by atoms with Crippen molar-refractivity contribution >= 4 is 16.9 Å². The number of fused-ring (bicyclic) bond motifs is 1. The Labute approximate surface area is 137 Å². The molecule has 0 fully saturated rings. The van der Waals surface area contributed by atoms with E-state index in [4.69, 9.17) is 4.98 Å². The maximum Gasteiger partial charge on any atom is 0.220 e. The second-order valence-corrected chi connectivity index (χ2v) is 6.51. The lowest BCUT2D eigenvalue weighted by atomic mass is 10.2. The summed E-state index contributed by atoms with van der Waals surface area (Å²) in [6.45, 7) is 7.57. The number of imidazole rings is 1. The molecule has 5 heteroatoms. The van der Waals surface area contributed by atoms with Gasteiger partial charge in [0.25, 0.3) is 0 Å². The number of aromatic nitrogens is 2. The highest BCUT2D eigenvalue weighted by atomic mass is 16.3. The largest absolute Gasteiger partial charge is 0.393 e. The summed E-state index contributed by atoms with van der Waals surface area (Å²) in [5, 5.41) is 12.1. The number of nitrogens with one attached hydrogen (secondary N) is 1. The molecule has 1 aromatic heterocycles. The first-order valence-electron chi connectivity index (χ1n) is 8.36. The van der Waals surface area contributed by atoms with Crippen LogP contribution in [-0.4, -0.2) is 33.2 Å². The van der Waals surface area contributed by atoms with Gasteiger partial charge in [-0.05, 0) is 31.4 Å². The Morgan fingerprint density at radius 3 is 2.74 bits per heavy atom. The van der Waals surface area contributed by atoms with Crippen molar-refractivity contribution in [1.82, 2.24) is 14.9 Å². The number of nitrogens with zero attached hydrogens (tertiary/aromatic N) is 2. The molecule has 0 saturated carbocycles. The predicted molar refractivity (Wildman–Crippen MR) is 92.2 cm³/mol. The van der Waals surface area contributed by atoms with E-state index >= 15 is 0 Å². The number of carbonyl (C=O) groups excluding carboxylic acids is 1. The van der Waals surface area contributed by atoms with Crippen molar-refractivity contribution in [1.29, 1.82) is 0 Å². The first-order valence-corrected chi connectivity index (χ1v) is 8.36. The van der Waals surface area contributed by atoms with Gasteiger partial charge in [0.05, 0.1) is 17.1 Å². The molecule has 5 nitrogen and oxygen atoms in total. The van der Waals surface area contributed by atoms with Gasteiger partial charge in [0, 0.05) is 25.9 Å². The van der Waals surface area contributed by atoms with Crippen LogP contribution >= 0.6 is 0 Å². The molecule has 1 aromatic carbocycles. The van der Waals surface area contributed by atoms with Crippen LogP contribution in [0.5, 0.6) is 0 Å². The van der Waals surface area contributed by atoms with Crippen molar-refractivity contribution in [2.75, 3.05) is 6.54 Å². The molecule has 1 unspecified atom stereocenters. The van der Waals surface area contributed by atoms with E-state index in [0.717, 1.165) is 23.4 Å². The molecule has 23 heavy (non-hydrogen) atoms. The number of amides is 1. The van der Waals surface area contributed by atoms with Crippen LogP contribution in [0, 0.1) is 5.92 Å². The van der Waals surface area contributed by atoms with Gasteiger partial charge in [0.15, 0.2) is 0 Å². The molecular formula is C18H27N3O2. The summed E-state index contributed by atoms with van der Waals surface area (Å²) in [7, 11) is 0. The molecule has 2 rings (SSSR count). The van der Waals surface area contributed by atoms with Crippen LogP contribution in [0.2, 0.25) is 0 Å². The van der Waals surface area contributed by atoms with Crippen LogP contribution < -0.4 is 5.32 Å². The Morgan fingerprint density at radius 1 is 1.30 bits per heavy atom. The maximum atomic E-state index is 11.7. The number of aliphatic hydroxyl groups excluding tert-OH is 1. The summed E-state index contributed by atoms with van der Waals surface area (Å²) in [6.07, 6.45) is 1.13. The fraction of sp³-hybridized carbons (Fsp3) is 0.556. The number of para-hydroxylation sites is 2. The summed E-state index contributed by atoms with van der Waals surface area (Å²) in [6, 6.07) is 8.14. The lowest BCUT2D eigenvalue weighted by Gasteiger charge is -2.12. The normalized spacial score (nSPS) is 12.7. The number of hydrogen-bond acceptors (Lipinski definition) is 3. The Morgan fingerprint density at radius 2 is 2.04 bits per heavy atom. The molecule has 2 N–H and O–H groups in total. The first-order chi connectivity index (χ1) is 11.0. The van der Waals surface area contributed by atoms with E-state index in [1.807, 2.05) is 18.2 Å². The monoisotopic (exact) mass is 317 g/mol. The number of carbonyl (C=O) groups is 1. The maximum absolute atomic E-state index is 11.7. The van der Waals surface area contributed by atoms with Gasteiger partial charge < -0.3 is 15.0 Å². The molecule has 0 bridgehead atoms. The number of benzene rings is 1. The zero-order chi connectivity index (χ0) is 16.8. The molecule has 0 aliphatic heterocycles. The Bertz CT molecular complexity index is 647. The average Bonchev–Trinajstić information content (AvgIpc) is 2.83. The van der Waals surface area contributed by atoms with Gasteiger partial charge in [0.1, 0.15) is 5.82 Å². The summed E-state index contributed by atoms with van der Waals surface area (Å²) in [5.41, 5.74) is 2.15. The zero-order valence-corrected chi connectivity index (χ0v) is 14.2. The molecule has 1 heterocycles.